The van der Waals surface area contributed by atoms with Gasteiger partial charge in [-0.3, -0.25) is 4.90 Å². The van der Waals surface area contributed by atoms with Gasteiger partial charge in [0, 0.05) is 22.1 Å². The van der Waals surface area contributed by atoms with Crippen LogP contribution in [0.3, 0.4) is 0 Å². The third kappa shape index (κ3) is 2.71. The van der Waals surface area contributed by atoms with Gasteiger partial charge in [-0.05, 0) is 32.0 Å². The molecule has 1 aromatic rings. The summed E-state index contributed by atoms with van der Waals surface area (Å²) in [4.78, 5) is 24.2. The Morgan fingerprint density at radius 1 is 1.10 bits per heavy atom. The van der Waals surface area contributed by atoms with Gasteiger partial charge in [-0.25, -0.2) is 9.59 Å². The molecule has 3 N–H and O–H groups in total. The van der Waals surface area contributed by atoms with Crippen molar-refractivity contribution in [1.82, 2.24) is 5.32 Å². The third-order valence-electron chi connectivity index (χ3n) is 3.00. The number of rotatable bonds is 3. The van der Waals surface area contributed by atoms with E-state index in [0.717, 1.165) is 0 Å². The van der Waals surface area contributed by atoms with E-state index in [-0.39, 0.29) is 11.4 Å². The Morgan fingerprint density at radius 2 is 1.62 bits per heavy atom. The van der Waals surface area contributed by atoms with Crippen molar-refractivity contribution in [2.75, 3.05) is 4.90 Å². The van der Waals surface area contributed by atoms with E-state index in [4.69, 9.17) is 11.6 Å². The summed E-state index contributed by atoms with van der Waals surface area (Å²) in [5, 5.41) is 22.0. The Kier molecular flexibility index (Phi) is 3.90. The Balaban J connectivity index is 2.70. The maximum Gasteiger partial charge on any atom is 0.354 e. The number of nitrogens with zero attached hydrogens (tertiary/aromatic N) is 1. The SMILES string of the molecule is CC1=C(C(=O)O)N(c2cccc(Cl)c2)C(C(=O)O)=C(C)N1. The fraction of sp³-hybridized carbons (Fsp3) is 0.143. The van der Waals surface area contributed by atoms with Crippen LogP contribution in [0.4, 0.5) is 5.69 Å². The van der Waals surface area contributed by atoms with E-state index >= 15 is 0 Å². The lowest BCUT2D eigenvalue weighted by Crippen LogP contribution is -2.39. The van der Waals surface area contributed by atoms with Crippen LogP contribution in [0.25, 0.3) is 0 Å². The summed E-state index contributed by atoms with van der Waals surface area (Å²) in [5.41, 5.74) is 0.771. The third-order valence-corrected chi connectivity index (χ3v) is 3.24. The van der Waals surface area contributed by atoms with Crippen LogP contribution in [-0.4, -0.2) is 22.2 Å². The van der Waals surface area contributed by atoms with Crippen LogP contribution in [0.1, 0.15) is 13.8 Å². The first kappa shape index (κ1) is 14.9. The number of aliphatic carboxylic acids is 2. The zero-order chi connectivity index (χ0) is 15.7. The van der Waals surface area contributed by atoms with Gasteiger partial charge in [0.05, 0.1) is 0 Å². The maximum absolute atomic E-state index is 11.5. The van der Waals surface area contributed by atoms with Gasteiger partial charge in [0.15, 0.2) is 11.4 Å². The zero-order valence-electron chi connectivity index (χ0n) is 11.3. The molecular formula is C14H13ClN2O4. The Bertz CT molecular complexity index is 658. The number of hydrogen-bond acceptors (Lipinski definition) is 4. The van der Waals surface area contributed by atoms with Gasteiger partial charge < -0.3 is 15.5 Å². The summed E-state index contributed by atoms with van der Waals surface area (Å²) < 4.78 is 0. The maximum atomic E-state index is 11.5. The molecule has 1 aromatic carbocycles. The number of hydrogen-bond donors (Lipinski definition) is 3. The molecule has 0 spiro atoms. The standard InChI is InChI=1S/C14H13ClN2O4/c1-7-11(13(18)19)17(10-5-3-4-9(15)6-10)12(14(20)21)8(2)16-7/h3-6,16H,1-2H3,(H,18,19)(H,20,21). The molecule has 110 valence electrons. The molecule has 2 rings (SSSR count). The van der Waals surface area contributed by atoms with Gasteiger partial charge in [0.25, 0.3) is 0 Å². The van der Waals surface area contributed by atoms with Gasteiger partial charge >= 0.3 is 11.9 Å². The summed E-state index contributed by atoms with van der Waals surface area (Å²) in [5.74, 6) is -2.46. The molecule has 7 heteroatoms. The monoisotopic (exact) mass is 308 g/mol. The van der Waals surface area contributed by atoms with Crippen LogP contribution < -0.4 is 10.2 Å². The molecule has 21 heavy (non-hydrogen) atoms. The molecule has 0 radical (unpaired) electrons. The van der Waals surface area contributed by atoms with Gasteiger partial charge in [-0.2, -0.15) is 0 Å². The van der Waals surface area contributed by atoms with Crippen molar-refractivity contribution >= 4 is 29.2 Å². The molecule has 1 aliphatic rings. The van der Waals surface area contributed by atoms with E-state index in [0.29, 0.717) is 22.1 Å². The molecule has 0 saturated heterocycles. The fourth-order valence-corrected chi connectivity index (χ4v) is 2.42. The molecule has 0 unspecified atom stereocenters. The predicted octanol–water partition coefficient (Wildman–Crippen LogP) is 2.38. The first-order chi connectivity index (χ1) is 9.82. The van der Waals surface area contributed by atoms with Crippen molar-refractivity contribution in [1.29, 1.82) is 0 Å². The summed E-state index contributed by atoms with van der Waals surface area (Å²) in [6, 6.07) is 6.37. The number of halogens is 1. The molecule has 0 aliphatic carbocycles. The van der Waals surface area contributed by atoms with Gasteiger partial charge in [-0.15, -0.1) is 0 Å². The van der Waals surface area contributed by atoms with Crippen LogP contribution in [0.2, 0.25) is 5.02 Å². The highest BCUT2D eigenvalue weighted by Gasteiger charge is 2.33. The largest absolute Gasteiger partial charge is 0.477 e. The first-order valence-electron chi connectivity index (χ1n) is 6.04. The van der Waals surface area contributed by atoms with E-state index in [1.807, 2.05) is 0 Å². The second-order valence-corrected chi connectivity index (χ2v) is 4.93. The molecule has 0 fully saturated rings. The lowest BCUT2D eigenvalue weighted by atomic mass is 10.1. The molecule has 0 atom stereocenters. The Hall–Kier alpha value is -2.47. The number of allylic oxidation sites excluding steroid dienone is 2. The minimum atomic E-state index is -1.23. The van der Waals surface area contributed by atoms with E-state index in [9.17, 15) is 19.8 Å². The molecule has 0 amide bonds. The molecule has 0 saturated carbocycles. The number of carbonyl (C=O) groups is 2. The molecule has 6 nitrogen and oxygen atoms in total. The van der Waals surface area contributed by atoms with E-state index in [1.165, 1.54) is 11.0 Å². The van der Waals surface area contributed by atoms with Crippen molar-refractivity contribution in [2.45, 2.75) is 13.8 Å². The van der Waals surface area contributed by atoms with Crippen molar-refractivity contribution < 1.29 is 19.8 Å². The van der Waals surface area contributed by atoms with Crippen LogP contribution in [0.15, 0.2) is 47.1 Å². The highest BCUT2D eigenvalue weighted by Crippen LogP contribution is 2.32. The van der Waals surface area contributed by atoms with Crippen LogP contribution >= 0.6 is 11.6 Å². The number of carboxylic acids is 2. The molecule has 0 aromatic heterocycles. The Labute approximate surface area is 125 Å². The Morgan fingerprint density at radius 3 is 2.05 bits per heavy atom. The van der Waals surface area contributed by atoms with Crippen LogP contribution in [0, 0.1) is 0 Å². The van der Waals surface area contributed by atoms with Gasteiger partial charge in [0.1, 0.15) is 0 Å². The second-order valence-electron chi connectivity index (χ2n) is 4.50. The highest BCUT2D eigenvalue weighted by molar-refractivity contribution is 6.30. The first-order valence-corrected chi connectivity index (χ1v) is 6.41. The minimum absolute atomic E-state index is 0.153. The number of benzene rings is 1. The minimum Gasteiger partial charge on any atom is -0.477 e. The summed E-state index contributed by atoms with van der Waals surface area (Å²) in [6.07, 6.45) is 0. The van der Waals surface area contributed by atoms with Gasteiger partial charge in [-0.1, -0.05) is 17.7 Å². The van der Waals surface area contributed by atoms with Crippen molar-refractivity contribution in [3.63, 3.8) is 0 Å². The van der Waals surface area contributed by atoms with Gasteiger partial charge in [0.2, 0.25) is 0 Å². The van der Waals surface area contributed by atoms with E-state index in [1.54, 1.807) is 32.0 Å². The normalized spacial score (nSPS) is 15.1. The smallest absolute Gasteiger partial charge is 0.354 e. The molecular weight excluding hydrogens is 296 g/mol. The topological polar surface area (TPSA) is 89.9 Å². The number of carboxylic acid groups (broad SMARTS) is 2. The quantitative estimate of drug-likeness (QED) is 0.794. The van der Waals surface area contributed by atoms with Crippen molar-refractivity contribution in [3.05, 3.63) is 52.1 Å². The number of nitrogens with one attached hydrogen (secondary N) is 1. The average molecular weight is 309 g/mol. The van der Waals surface area contributed by atoms with E-state index < -0.39 is 11.9 Å². The lowest BCUT2D eigenvalue weighted by molar-refractivity contribution is -0.133. The summed E-state index contributed by atoms with van der Waals surface area (Å²) in [6.45, 7) is 3.15. The van der Waals surface area contributed by atoms with Crippen molar-refractivity contribution in [3.8, 4) is 0 Å². The van der Waals surface area contributed by atoms with Crippen LogP contribution in [-0.2, 0) is 9.59 Å². The highest BCUT2D eigenvalue weighted by atomic mass is 35.5. The van der Waals surface area contributed by atoms with Crippen molar-refractivity contribution in [2.24, 2.45) is 0 Å². The zero-order valence-corrected chi connectivity index (χ0v) is 12.1. The molecule has 1 heterocycles. The summed E-state index contributed by atoms with van der Waals surface area (Å²) >= 11 is 5.92. The predicted molar refractivity (Wildman–Crippen MR) is 77.7 cm³/mol. The van der Waals surface area contributed by atoms with Crippen LogP contribution in [0.5, 0.6) is 0 Å². The lowest BCUT2D eigenvalue weighted by Gasteiger charge is -2.32. The number of anilines is 1. The second kappa shape index (κ2) is 5.49. The molecule has 0 bridgehead atoms. The fourth-order valence-electron chi connectivity index (χ4n) is 2.23. The molecule has 1 aliphatic heterocycles. The van der Waals surface area contributed by atoms with E-state index in [2.05, 4.69) is 5.32 Å². The summed E-state index contributed by atoms with van der Waals surface area (Å²) in [7, 11) is 0. The average Bonchev–Trinajstić information content (AvgIpc) is 2.36.